The largest absolute Gasteiger partial charge is 0.494 e. The van der Waals surface area contributed by atoms with E-state index in [1.165, 1.54) is 37.4 Å². The van der Waals surface area contributed by atoms with Gasteiger partial charge in [-0.1, -0.05) is 11.6 Å². The summed E-state index contributed by atoms with van der Waals surface area (Å²) < 4.78 is 33.1. The monoisotopic (exact) mass is 581 g/mol. The van der Waals surface area contributed by atoms with E-state index in [0.29, 0.717) is 40.4 Å². The van der Waals surface area contributed by atoms with Crippen molar-refractivity contribution in [3.63, 3.8) is 0 Å². The first kappa shape index (κ1) is 28.9. The number of rotatable bonds is 8. The molecular formula is C31H30ClF2N3O4. The Hall–Kier alpha value is -3.66. The van der Waals surface area contributed by atoms with Gasteiger partial charge in [0.25, 0.3) is 5.91 Å². The van der Waals surface area contributed by atoms with Crippen molar-refractivity contribution in [2.45, 2.75) is 44.8 Å². The molecule has 1 amide bonds. The van der Waals surface area contributed by atoms with Gasteiger partial charge < -0.3 is 20.3 Å². The SMILES string of the molecule is COc1cc(C(=O)NC[C@](O)(c2cc(C(C)(C)O)c(Cl)c(-c3ccc(F)cc3)n2)C2CC2)cc2cc(C)c(F)nc12. The Morgan fingerprint density at radius 2 is 1.78 bits per heavy atom. The number of aryl methyl sites for hydroxylation is 1. The zero-order valence-electron chi connectivity index (χ0n) is 23.1. The predicted octanol–water partition coefficient (Wildman–Crippen LogP) is 5.80. The summed E-state index contributed by atoms with van der Waals surface area (Å²) in [5, 5.41) is 26.4. The minimum absolute atomic E-state index is 0.179. The van der Waals surface area contributed by atoms with E-state index in [2.05, 4.69) is 15.3 Å². The molecule has 0 unspecified atom stereocenters. The van der Waals surface area contributed by atoms with Crippen molar-refractivity contribution in [3.05, 3.63) is 87.7 Å². The maximum atomic E-state index is 14.1. The van der Waals surface area contributed by atoms with Crippen LogP contribution in [0.25, 0.3) is 22.2 Å². The summed E-state index contributed by atoms with van der Waals surface area (Å²) in [6.45, 7) is 4.54. The van der Waals surface area contributed by atoms with Gasteiger partial charge in [-0.2, -0.15) is 4.39 Å². The highest BCUT2D eigenvalue weighted by molar-refractivity contribution is 6.34. The Labute approximate surface area is 241 Å². The number of halogens is 3. The number of carbonyl (C=O) groups excluding carboxylic acids is 1. The number of hydrogen-bond donors (Lipinski definition) is 3. The molecule has 1 aliphatic rings. The van der Waals surface area contributed by atoms with E-state index in [-0.39, 0.29) is 40.2 Å². The van der Waals surface area contributed by atoms with Gasteiger partial charge in [0.15, 0.2) is 0 Å². The van der Waals surface area contributed by atoms with Crippen LogP contribution in [0.5, 0.6) is 5.75 Å². The van der Waals surface area contributed by atoms with Gasteiger partial charge in [0, 0.05) is 27.6 Å². The Kier molecular flexibility index (Phi) is 7.48. The summed E-state index contributed by atoms with van der Waals surface area (Å²) >= 11 is 6.68. The van der Waals surface area contributed by atoms with Crippen LogP contribution in [-0.4, -0.2) is 39.7 Å². The van der Waals surface area contributed by atoms with Gasteiger partial charge in [0.2, 0.25) is 5.95 Å². The molecule has 2 aromatic carbocycles. The standard InChI is InChI=1S/C31H30ClF2N3O4/c1-16-11-18-12-19(13-23(41-4)26(18)37-28(16)34)29(38)35-15-31(40,20-7-8-20)24-14-22(30(2,3)39)25(32)27(36-24)17-5-9-21(33)10-6-17/h5-6,9-14,20,39-40H,7-8,15H2,1-4H3,(H,35,38)/t31-/m1/s1. The lowest BCUT2D eigenvalue weighted by Gasteiger charge is -2.31. The summed E-state index contributed by atoms with van der Waals surface area (Å²) in [5.41, 5.74) is -0.755. The first-order valence-corrected chi connectivity index (χ1v) is 13.5. The molecule has 1 saturated carbocycles. The van der Waals surface area contributed by atoms with Crippen molar-refractivity contribution in [1.82, 2.24) is 15.3 Å². The number of carbonyl (C=O) groups is 1. The van der Waals surface area contributed by atoms with E-state index in [4.69, 9.17) is 16.3 Å². The van der Waals surface area contributed by atoms with E-state index < -0.39 is 28.9 Å². The normalized spacial score (nSPS) is 15.0. The predicted molar refractivity (Wildman–Crippen MR) is 152 cm³/mol. The van der Waals surface area contributed by atoms with Crippen LogP contribution in [0.2, 0.25) is 5.02 Å². The smallest absolute Gasteiger partial charge is 0.251 e. The van der Waals surface area contributed by atoms with Crippen LogP contribution >= 0.6 is 11.6 Å². The van der Waals surface area contributed by atoms with Gasteiger partial charge in [-0.05, 0) is 88.1 Å². The molecule has 0 bridgehead atoms. The van der Waals surface area contributed by atoms with E-state index in [9.17, 15) is 23.8 Å². The average Bonchev–Trinajstić information content (AvgIpc) is 3.78. The number of amides is 1. The Balaban J connectivity index is 1.52. The fourth-order valence-corrected chi connectivity index (χ4v) is 5.38. The van der Waals surface area contributed by atoms with Crippen LogP contribution in [0.4, 0.5) is 8.78 Å². The highest BCUT2D eigenvalue weighted by Gasteiger charge is 2.47. The van der Waals surface area contributed by atoms with Crippen molar-refractivity contribution in [2.75, 3.05) is 13.7 Å². The van der Waals surface area contributed by atoms with E-state index in [1.54, 1.807) is 39.0 Å². The number of nitrogens with zero attached hydrogens (tertiary/aromatic N) is 2. The molecule has 2 heterocycles. The summed E-state index contributed by atoms with van der Waals surface area (Å²) in [6, 6.07) is 11.8. The second-order valence-corrected chi connectivity index (χ2v) is 11.4. The van der Waals surface area contributed by atoms with E-state index in [0.717, 1.165) is 0 Å². The highest BCUT2D eigenvalue weighted by atomic mass is 35.5. The van der Waals surface area contributed by atoms with Crippen LogP contribution in [0.15, 0.2) is 48.5 Å². The molecule has 0 spiro atoms. The van der Waals surface area contributed by atoms with Gasteiger partial charge in [-0.15, -0.1) is 0 Å². The quantitative estimate of drug-likeness (QED) is 0.227. The van der Waals surface area contributed by atoms with Gasteiger partial charge in [0.05, 0.1) is 35.7 Å². The molecule has 0 aliphatic heterocycles. The van der Waals surface area contributed by atoms with Gasteiger partial charge in [-0.3, -0.25) is 4.79 Å². The van der Waals surface area contributed by atoms with Gasteiger partial charge in [-0.25, -0.2) is 14.4 Å². The lowest BCUT2D eigenvalue weighted by Crippen LogP contribution is -2.43. The zero-order chi connectivity index (χ0) is 29.7. The van der Waals surface area contributed by atoms with Crippen molar-refractivity contribution in [1.29, 1.82) is 0 Å². The number of benzene rings is 2. The Bertz CT molecular complexity index is 1650. The van der Waals surface area contributed by atoms with Crippen LogP contribution in [0.3, 0.4) is 0 Å². The second kappa shape index (κ2) is 10.6. The fraction of sp³-hybridized carbons (Fsp3) is 0.323. The number of aromatic nitrogens is 2. The molecule has 0 saturated heterocycles. The second-order valence-electron chi connectivity index (χ2n) is 11.0. The highest BCUT2D eigenvalue weighted by Crippen LogP contribution is 2.47. The number of aliphatic hydroxyl groups is 2. The lowest BCUT2D eigenvalue weighted by molar-refractivity contribution is 0.00889. The third-order valence-corrected chi connectivity index (χ3v) is 7.83. The molecule has 10 heteroatoms. The molecule has 4 aromatic rings. The third kappa shape index (κ3) is 5.62. The zero-order valence-corrected chi connectivity index (χ0v) is 23.8. The minimum atomic E-state index is -1.59. The third-order valence-electron chi connectivity index (χ3n) is 7.44. The molecule has 3 N–H and O–H groups in total. The molecule has 41 heavy (non-hydrogen) atoms. The Morgan fingerprint density at radius 1 is 1.10 bits per heavy atom. The summed E-state index contributed by atoms with van der Waals surface area (Å²) in [6.07, 6.45) is 1.42. The number of fused-ring (bicyclic) bond motifs is 1. The lowest BCUT2D eigenvalue weighted by atomic mass is 9.88. The molecule has 0 radical (unpaired) electrons. The van der Waals surface area contributed by atoms with Crippen molar-refractivity contribution in [2.24, 2.45) is 5.92 Å². The number of pyridine rings is 2. The molecule has 1 atom stereocenters. The summed E-state index contributed by atoms with van der Waals surface area (Å²) in [4.78, 5) is 22.0. The van der Waals surface area contributed by atoms with Crippen LogP contribution in [0.1, 0.15) is 53.9 Å². The van der Waals surface area contributed by atoms with Crippen LogP contribution in [-0.2, 0) is 11.2 Å². The van der Waals surface area contributed by atoms with Gasteiger partial charge >= 0.3 is 0 Å². The molecule has 214 valence electrons. The number of nitrogens with one attached hydrogen (secondary N) is 1. The molecular weight excluding hydrogens is 552 g/mol. The van der Waals surface area contributed by atoms with Crippen molar-refractivity contribution < 1.29 is 28.5 Å². The minimum Gasteiger partial charge on any atom is -0.494 e. The average molecular weight is 582 g/mol. The number of ether oxygens (including phenoxy) is 1. The fourth-order valence-electron chi connectivity index (χ4n) is 4.94. The first-order chi connectivity index (χ1) is 19.3. The first-order valence-electron chi connectivity index (χ1n) is 13.2. The Morgan fingerprint density at radius 3 is 2.39 bits per heavy atom. The van der Waals surface area contributed by atoms with Crippen LogP contribution in [0, 0.1) is 24.6 Å². The van der Waals surface area contributed by atoms with Crippen molar-refractivity contribution >= 4 is 28.4 Å². The number of methoxy groups -OCH3 is 1. The summed E-state index contributed by atoms with van der Waals surface area (Å²) in [7, 11) is 1.41. The van der Waals surface area contributed by atoms with Crippen molar-refractivity contribution in [3.8, 4) is 17.0 Å². The van der Waals surface area contributed by atoms with E-state index in [1.807, 2.05) is 0 Å². The molecule has 5 rings (SSSR count). The maximum Gasteiger partial charge on any atom is 0.251 e. The summed E-state index contributed by atoms with van der Waals surface area (Å²) in [5.74, 6) is -1.50. The van der Waals surface area contributed by atoms with E-state index >= 15 is 0 Å². The van der Waals surface area contributed by atoms with Gasteiger partial charge in [0.1, 0.15) is 22.7 Å². The molecule has 7 nitrogen and oxygen atoms in total. The topological polar surface area (TPSA) is 105 Å². The number of hydrogen-bond acceptors (Lipinski definition) is 6. The molecule has 1 aliphatic carbocycles. The van der Waals surface area contributed by atoms with Crippen LogP contribution < -0.4 is 10.1 Å². The molecule has 1 fully saturated rings. The maximum absolute atomic E-state index is 14.1. The molecule has 2 aromatic heterocycles.